The van der Waals surface area contributed by atoms with Crippen LogP contribution in [-0.4, -0.2) is 35.5 Å². The van der Waals surface area contributed by atoms with Crippen molar-refractivity contribution in [3.05, 3.63) is 12.2 Å². The third-order valence-corrected chi connectivity index (χ3v) is 1.53. The number of aliphatic hydroxyl groups is 2. The number of carbonyl (C=O) groups excluding carboxylic acids is 1. The van der Waals surface area contributed by atoms with Gasteiger partial charge < -0.3 is 14.9 Å². The molecule has 0 aliphatic carbocycles. The van der Waals surface area contributed by atoms with Gasteiger partial charge in [-0.1, -0.05) is 6.58 Å². The largest absolute Gasteiger partial charge is 0.461 e. The van der Waals surface area contributed by atoms with E-state index in [0.29, 0.717) is 0 Å². The van der Waals surface area contributed by atoms with Crippen molar-refractivity contribution in [3.63, 3.8) is 0 Å². The molecule has 0 bridgehead atoms. The molecule has 5 nitrogen and oxygen atoms in total. The molecule has 0 saturated heterocycles. The van der Waals surface area contributed by atoms with Crippen LogP contribution in [-0.2, 0) is 9.53 Å². The number of carbonyl (C=O) groups is 1. The van der Waals surface area contributed by atoms with E-state index in [-0.39, 0.29) is 31.6 Å². The highest BCUT2D eigenvalue weighted by Gasteiger charge is 2.09. The first-order chi connectivity index (χ1) is 6.61. The summed E-state index contributed by atoms with van der Waals surface area (Å²) in [6.45, 7) is 3.07. The molecule has 0 aliphatic rings. The molecular formula is C9H13NO4. The summed E-state index contributed by atoms with van der Waals surface area (Å²) >= 11 is 0. The van der Waals surface area contributed by atoms with Gasteiger partial charge in [0.05, 0.1) is 12.7 Å². The van der Waals surface area contributed by atoms with E-state index in [1.54, 1.807) is 6.07 Å². The number of nitrogens with zero attached hydrogens (tertiary/aromatic N) is 1. The first kappa shape index (κ1) is 12.6. The number of esters is 1. The molecule has 0 aromatic carbocycles. The van der Waals surface area contributed by atoms with Crippen molar-refractivity contribution in [1.29, 1.82) is 5.26 Å². The zero-order valence-electron chi connectivity index (χ0n) is 7.77. The van der Waals surface area contributed by atoms with E-state index >= 15 is 0 Å². The number of hydrogen-bond donors (Lipinski definition) is 2. The van der Waals surface area contributed by atoms with Gasteiger partial charge in [-0.25, -0.2) is 4.79 Å². The Hall–Kier alpha value is -1.38. The molecule has 0 spiro atoms. The molecule has 0 amide bonds. The molecule has 0 fully saturated rings. The van der Waals surface area contributed by atoms with Gasteiger partial charge in [0, 0.05) is 13.0 Å². The monoisotopic (exact) mass is 199 g/mol. The van der Waals surface area contributed by atoms with Crippen molar-refractivity contribution >= 4 is 5.97 Å². The molecule has 0 aliphatic heterocycles. The normalized spacial score (nSPS) is 11.5. The molecule has 0 heterocycles. The van der Waals surface area contributed by atoms with Crippen LogP contribution in [0.5, 0.6) is 0 Å². The number of ether oxygens (including phenoxy) is 1. The van der Waals surface area contributed by atoms with Crippen LogP contribution in [0.15, 0.2) is 12.2 Å². The lowest BCUT2D eigenvalue weighted by Crippen LogP contribution is -2.15. The molecule has 78 valence electrons. The van der Waals surface area contributed by atoms with Crippen LogP contribution >= 0.6 is 0 Å². The van der Waals surface area contributed by atoms with Crippen LogP contribution in [0.1, 0.15) is 12.8 Å². The molecule has 0 aromatic heterocycles. The van der Waals surface area contributed by atoms with E-state index in [9.17, 15) is 4.79 Å². The molecular weight excluding hydrogens is 186 g/mol. The summed E-state index contributed by atoms with van der Waals surface area (Å²) in [6, 6.07) is 1.56. The van der Waals surface area contributed by atoms with Crippen LogP contribution < -0.4 is 0 Å². The lowest BCUT2D eigenvalue weighted by molar-refractivity contribution is -0.139. The molecule has 0 rings (SSSR count). The standard InChI is InChI=1S/C9H13NO4/c1-7(6-10)9(13)14-5-3-8(12)2-4-11/h8,11-12H,1-5H2. The highest BCUT2D eigenvalue weighted by molar-refractivity contribution is 5.91. The fourth-order valence-electron chi connectivity index (χ4n) is 0.714. The van der Waals surface area contributed by atoms with Crippen LogP contribution in [0, 0.1) is 11.3 Å². The third-order valence-electron chi connectivity index (χ3n) is 1.53. The fourth-order valence-corrected chi connectivity index (χ4v) is 0.714. The Bertz CT molecular complexity index is 244. The van der Waals surface area contributed by atoms with Gasteiger partial charge in [-0.15, -0.1) is 0 Å². The first-order valence-corrected chi connectivity index (χ1v) is 4.17. The predicted molar refractivity (Wildman–Crippen MR) is 48.0 cm³/mol. The molecule has 1 unspecified atom stereocenters. The summed E-state index contributed by atoms with van der Waals surface area (Å²) in [4.78, 5) is 10.8. The van der Waals surface area contributed by atoms with Crippen molar-refractivity contribution in [1.82, 2.24) is 0 Å². The van der Waals surface area contributed by atoms with E-state index in [4.69, 9.17) is 15.5 Å². The summed E-state index contributed by atoms with van der Waals surface area (Å²) in [5.74, 6) is -0.774. The highest BCUT2D eigenvalue weighted by Crippen LogP contribution is 1.99. The van der Waals surface area contributed by atoms with Crippen LogP contribution in [0.3, 0.4) is 0 Å². The number of aliphatic hydroxyl groups excluding tert-OH is 2. The summed E-state index contributed by atoms with van der Waals surface area (Å²) in [5, 5.41) is 25.8. The average molecular weight is 199 g/mol. The molecule has 0 aromatic rings. The lowest BCUT2D eigenvalue weighted by Gasteiger charge is -2.08. The maximum absolute atomic E-state index is 10.8. The molecule has 0 radical (unpaired) electrons. The first-order valence-electron chi connectivity index (χ1n) is 4.17. The molecule has 0 saturated carbocycles. The van der Waals surface area contributed by atoms with Gasteiger partial charge in [0.1, 0.15) is 11.6 Å². The van der Waals surface area contributed by atoms with Gasteiger partial charge in [-0.05, 0) is 6.42 Å². The van der Waals surface area contributed by atoms with E-state index in [2.05, 4.69) is 11.3 Å². The second kappa shape index (κ2) is 7.06. The SMILES string of the molecule is C=C(C#N)C(=O)OCCC(O)CCO. The van der Waals surface area contributed by atoms with Crippen LogP contribution in [0.25, 0.3) is 0 Å². The quantitative estimate of drug-likeness (QED) is 0.349. The average Bonchev–Trinajstić information content (AvgIpc) is 2.16. The summed E-state index contributed by atoms with van der Waals surface area (Å²) in [6.07, 6.45) is -0.204. The van der Waals surface area contributed by atoms with Crippen molar-refractivity contribution < 1.29 is 19.7 Å². The topological polar surface area (TPSA) is 90.6 Å². The van der Waals surface area contributed by atoms with Gasteiger partial charge in [0.2, 0.25) is 0 Å². The Kier molecular flexibility index (Phi) is 6.37. The minimum Gasteiger partial charge on any atom is -0.461 e. The maximum atomic E-state index is 10.8. The molecule has 2 N–H and O–H groups in total. The van der Waals surface area contributed by atoms with E-state index in [1.165, 1.54) is 0 Å². The van der Waals surface area contributed by atoms with E-state index < -0.39 is 12.1 Å². The highest BCUT2D eigenvalue weighted by atomic mass is 16.5. The number of rotatable bonds is 6. The minimum atomic E-state index is -0.774. The minimum absolute atomic E-state index is 0.0146. The Morgan fingerprint density at radius 1 is 1.57 bits per heavy atom. The molecule has 1 atom stereocenters. The van der Waals surface area contributed by atoms with Crippen molar-refractivity contribution in [3.8, 4) is 6.07 Å². The van der Waals surface area contributed by atoms with Gasteiger partial charge >= 0.3 is 5.97 Å². The van der Waals surface area contributed by atoms with Crippen molar-refractivity contribution in [2.24, 2.45) is 0 Å². The summed E-state index contributed by atoms with van der Waals surface area (Å²) in [7, 11) is 0. The summed E-state index contributed by atoms with van der Waals surface area (Å²) < 4.78 is 4.61. The van der Waals surface area contributed by atoms with Gasteiger partial charge in [-0.3, -0.25) is 0 Å². The smallest absolute Gasteiger partial charge is 0.348 e. The Morgan fingerprint density at radius 2 is 2.21 bits per heavy atom. The number of nitriles is 1. The Morgan fingerprint density at radius 3 is 2.71 bits per heavy atom. The zero-order chi connectivity index (χ0) is 11.0. The Labute approximate surface area is 82.2 Å². The second-order valence-corrected chi connectivity index (χ2v) is 2.68. The van der Waals surface area contributed by atoms with Gasteiger partial charge in [0.25, 0.3) is 0 Å². The second-order valence-electron chi connectivity index (χ2n) is 2.68. The zero-order valence-corrected chi connectivity index (χ0v) is 7.77. The van der Waals surface area contributed by atoms with Gasteiger partial charge in [-0.2, -0.15) is 5.26 Å². The van der Waals surface area contributed by atoms with E-state index in [1.807, 2.05) is 0 Å². The number of hydrogen-bond acceptors (Lipinski definition) is 5. The lowest BCUT2D eigenvalue weighted by atomic mass is 10.2. The third kappa shape index (κ3) is 5.30. The predicted octanol–water partition coefficient (Wildman–Crippen LogP) is -0.257. The van der Waals surface area contributed by atoms with Crippen LogP contribution in [0.4, 0.5) is 0 Å². The van der Waals surface area contributed by atoms with Crippen molar-refractivity contribution in [2.75, 3.05) is 13.2 Å². The van der Waals surface area contributed by atoms with Crippen molar-refractivity contribution in [2.45, 2.75) is 18.9 Å². The maximum Gasteiger partial charge on any atom is 0.348 e. The van der Waals surface area contributed by atoms with Crippen LogP contribution in [0.2, 0.25) is 0 Å². The summed E-state index contributed by atoms with van der Waals surface area (Å²) in [5.41, 5.74) is -0.262. The fraction of sp³-hybridized carbons (Fsp3) is 0.556. The van der Waals surface area contributed by atoms with E-state index in [0.717, 1.165) is 0 Å². The molecule has 14 heavy (non-hydrogen) atoms. The molecule has 5 heteroatoms. The van der Waals surface area contributed by atoms with Gasteiger partial charge in [0.15, 0.2) is 0 Å². The Balaban J connectivity index is 3.60.